The lowest BCUT2D eigenvalue weighted by atomic mass is 9.98. The first kappa shape index (κ1) is 32.2. The van der Waals surface area contributed by atoms with Crippen LogP contribution < -0.4 is 4.74 Å². The molecule has 3 aromatic carbocycles. The molecule has 0 atom stereocenters. The third-order valence-corrected chi connectivity index (χ3v) is 7.84. The Kier molecular flexibility index (Phi) is 11.1. The van der Waals surface area contributed by atoms with Crippen molar-refractivity contribution in [1.82, 2.24) is 4.57 Å². The number of ether oxygens (including phenoxy) is 2. The first-order valence-electron chi connectivity index (χ1n) is 15.1. The largest absolute Gasteiger partial charge is 0.486 e. The van der Waals surface area contributed by atoms with Gasteiger partial charge in [0.15, 0.2) is 11.6 Å². The van der Waals surface area contributed by atoms with Crippen LogP contribution in [0, 0.1) is 6.92 Å². The van der Waals surface area contributed by atoms with Gasteiger partial charge in [0.1, 0.15) is 12.4 Å². The van der Waals surface area contributed by atoms with Crippen LogP contribution in [0.3, 0.4) is 0 Å². The second-order valence-electron chi connectivity index (χ2n) is 11.0. The first-order chi connectivity index (χ1) is 21.2. The van der Waals surface area contributed by atoms with Crippen LogP contribution in [-0.4, -0.2) is 46.9 Å². The van der Waals surface area contributed by atoms with Gasteiger partial charge in [0.25, 0.3) is 0 Å². The number of carboxylic acids is 1. The van der Waals surface area contributed by atoms with Crippen molar-refractivity contribution in [3.63, 3.8) is 0 Å². The van der Waals surface area contributed by atoms with E-state index in [1.54, 1.807) is 17.6 Å². The summed E-state index contributed by atoms with van der Waals surface area (Å²) in [6.07, 6.45) is 8.51. The standard InChI is InChI=1S/C36H39NO7/c1-4-5-6-7-8-9-10-25-11-18-30(19-12-25)44-23-29(38)22-37-24(2)33(31-21-28(35(40)41)17-20-32(31)37)34(39)26-13-15-27(16-14-26)36(42)43-3/h11-21H,4-10,22-23H2,1-3H3,(H,40,41). The van der Waals surface area contributed by atoms with Gasteiger partial charge >= 0.3 is 11.9 Å². The number of Topliss-reactive ketones (excluding diaryl/α,β-unsaturated/α-hetero) is 1. The number of carbonyl (C=O) groups is 4. The van der Waals surface area contributed by atoms with E-state index in [1.165, 1.54) is 81.2 Å². The van der Waals surface area contributed by atoms with Gasteiger partial charge in [-0.3, -0.25) is 9.59 Å². The summed E-state index contributed by atoms with van der Waals surface area (Å²) in [5, 5.41) is 10.0. The lowest BCUT2D eigenvalue weighted by molar-refractivity contribution is -0.121. The maximum Gasteiger partial charge on any atom is 0.337 e. The van der Waals surface area contributed by atoms with Gasteiger partial charge in [0, 0.05) is 22.2 Å². The highest BCUT2D eigenvalue weighted by atomic mass is 16.5. The molecule has 0 unspecified atom stereocenters. The number of rotatable bonds is 16. The van der Waals surface area contributed by atoms with Gasteiger partial charge in [0.2, 0.25) is 0 Å². The molecule has 0 aliphatic carbocycles. The minimum absolute atomic E-state index is 0.0272. The number of fused-ring (bicyclic) bond motifs is 1. The number of benzene rings is 3. The molecule has 0 radical (unpaired) electrons. The van der Waals surface area contributed by atoms with E-state index >= 15 is 0 Å². The van der Waals surface area contributed by atoms with Crippen molar-refractivity contribution in [2.24, 2.45) is 0 Å². The molecular weight excluding hydrogens is 558 g/mol. The van der Waals surface area contributed by atoms with Crippen molar-refractivity contribution < 1.29 is 33.8 Å². The van der Waals surface area contributed by atoms with Crippen LogP contribution in [0.4, 0.5) is 0 Å². The Hall–Kier alpha value is -4.72. The van der Waals surface area contributed by atoms with E-state index in [1.807, 2.05) is 24.3 Å². The molecule has 0 amide bonds. The summed E-state index contributed by atoms with van der Waals surface area (Å²) in [5.74, 6) is -1.59. The molecule has 1 N–H and O–H groups in total. The zero-order chi connectivity index (χ0) is 31.6. The highest BCUT2D eigenvalue weighted by Crippen LogP contribution is 2.30. The molecular formula is C36H39NO7. The maximum absolute atomic E-state index is 13.7. The summed E-state index contributed by atoms with van der Waals surface area (Å²) in [6, 6.07) is 18.4. The highest BCUT2D eigenvalue weighted by molar-refractivity contribution is 6.18. The number of esters is 1. The molecule has 4 rings (SSSR count). The van der Waals surface area contributed by atoms with Gasteiger partial charge in [-0.25, -0.2) is 9.59 Å². The molecule has 8 heteroatoms. The molecule has 4 aromatic rings. The van der Waals surface area contributed by atoms with Gasteiger partial charge in [0.05, 0.1) is 30.3 Å². The predicted octanol–water partition coefficient (Wildman–Crippen LogP) is 7.22. The van der Waals surface area contributed by atoms with Crippen LogP contribution in [0.1, 0.15) is 93.3 Å². The Morgan fingerprint density at radius 1 is 0.795 bits per heavy atom. The average Bonchev–Trinajstić information content (AvgIpc) is 3.31. The van der Waals surface area contributed by atoms with E-state index in [0.29, 0.717) is 39.0 Å². The number of ketones is 2. The zero-order valence-electron chi connectivity index (χ0n) is 25.6. The summed E-state index contributed by atoms with van der Waals surface area (Å²) >= 11 is 0. The zero-order valence-corrected chi connectivity index (χ0v) is 25.6. The van der Waals surface area contributed by atoms with E-state index < -0.39 is 11.9 Å². The van der Waals surface area contributed by atoms with Crippen molar-refractivity contribution in [2.75, 3.05) is 13.7 Å². The fourth-order valence-corrected chi connectivity index (χ4v) is 5.37. The van der Waals surface area contributed by atoms with Gasteiger partial charge < -0.3 is 19.1 Å². The summed E-state index contributed by atoms with van der Waals surface area (Å²) in [6.45, 7) is 3.74. The molecule has 0 aliphatic rings. The lowest BCUT2D eigenvalue weighted by Gasteiger charge is -2.10. The molecule has 0 bridgehead atoms. The highest BCUT2D eigenvalue weighted by Gasteiger charge is 2.24. The van der Waals surface area contributed by atoms with E-state index in [-0.39, 0.29) is 30.3 Å². The Morgan fingerprint density at radius 3 is 2.09 bits per heavy atom. The number of unbranched alkanes of at least 4 members (excludes halogenated alkanes) is 5. The van der Waals surface area contributed by atoms with Crippen LogP contribution in [0.15, 0.2) is 66.7 Å². The number of hydrogen-bond acceptors (Lipinski definition) is 6. The van der Waals surface area contributed by atoms with Crippen molar-refractivity contribution in [2.45, 2.75) is 65.3 Å². The number of aromatic nitrogens is 1. The summed E-state index contributed by atoms with van der Waals surface area (Å²) in [5.41, 5.74) is 3.27. The van der Waals surface area contributed by atoms with Crippen molar-refractivity contribution >= 4 is 34.4 Å². The minimum Gasteiger partial charge on any atom is -0.486 e. The molecule has 0 spiro atoms. The number of carbonyl (C=O) groups excluding carboxylic acids is 3. The number of aryl methyl sites for hydroxylation is 1. The Bertz CT molecular complexity index is 1630. The number of carboxylic acid groups (broad SMARTS) is 1. The molecule has 1 heterocycles. The van der Waals surface area contributed by atoms with Crippen LogP contribution in [-0.2, 0) is 22.5 Å². The molecule has 230 valence electrons. The van der Waals surface area contributed by atoms with Gasteiger partial charge in [-0.15, -0.1) is 0 Å². The molecule has 8 nitrogen and oxygen atoms in total. The normalized spacial score (nSPS) is 11.0. The monoisotopic (exact) mass is 597 g/mol. The number of nitrogens with zero attached hydrogens (tertiary/aromatic N) is 1. The van der Waals surface area contributed by atoms with Crippen molar-refractivity contribution in [3.8, 4) is 5.75 Å². The van der Waals surface area contributed by atoms with E-state index in [4.69, 9.17) is 9.47 Å². The second-order valence-corrected chi connectivity index (χ2v) is 11.0. The van der Waals surface area contributed by atoms with Gasteiger partial charge in [-0.1, -0.05) is 63.3 Å². The second kappa shape index (κ2) is 15.1. The fraction of sp³-hybridized carbons (Fsp3) is 0.333. The quantitative estimate of drug-likeness (QED) is 0.0825. The molecule has 1 aromatic heterocycles. The molecule has 0 saturated heterocycles. The van der Waals surface area contributed by atoms with Crippen LogP contribution >= 0.6 is 0 Å². The number of hydrogen-bond donors (Lipinski definition) is 1. The average molecular weight is 598 g/mol. The van der Waals surface area contributed by atoms with E-state index in [2.05, 4.69) is 6.92 Å². The van der Waals surface area contributed by atoms with Crippen LogP contribution in [0.5, 0.6) is 5.75 Å². The summed E-state index contributed by atoms with van der Waals surface area (Å²) in [4.78, 5) is 50.3. The van der Waals surface area contributed by atoms with Gasteiger partial charge in [-0.2, -0.15) is 0 Å². The van der Waals surface area contributed by atoms with Gasteiger partial charge in [-0.05, 0) is 67.8 Å². The van der Waals surface area contributed by atoms with E-state index in [0.717, 1.165) is 12.8 Å². The van der Waals surface area contributed by atoms with Crippen molar-refractivity contribution in [3.05, 3.63) is 100 Å². The number of methoxy groups -OCH3 is 1. The van der Waals surface area contributed by atoms with Crippen molar-refractivity contribution in [1.29, 1.82) is 0 Å². The Balaban J connectivity index is 1.48. The molecule has 0 aliphatic heterocycles. The Labute approximate surface area is 257 Å². The lowest BCUT2D eigenvalue weighted by Crippen LogP contribution is -2.19. The molecule has 44 heavy (non-hydrogen) atoms. The topological polar surface area (TPSA) is 112 Å². The van der Waals surface area contributed by atoms with Crippen LogP contribution in [0.2, 0.25) is 0 Å². The predicted molar refractivity (Wildman–Crippen MR) is 169 cm³/mol. The molecule has 0 fully saturated rings. The van der Waals surface area contributed by atoms with Crippen LogP contribution in [0.25, 0.3) is 10.9 Å². The summed E-state index contributed by atoms with van der Waals surface area (Å²) < 4.78 is 12.2. The number of aromatic carboxylic acids is 1. The Morgan fingerprint density at radius 2 is 1.43 bits per heavy atom. The van der Waals surface area contributed by atoms with E-state index in [9.17, 15) is 24.3 Å². The maximum atomic E-state index is 13.7. The molecule has 0 saturated carbocycles. The first-order valence-corrected chi connectivity index (χ1v) is 15.1. The third kappa shape index (κ3) is 7.81. The SMILES string of the molecule is CCCCCCCCc1ccc(OCC(=O)Cn2c(C)c(C(=O)c3ccc(C(=O)OC)cc3)c3cc(C(=O)O)ccc32)cc1. The minimum atomic E-state index is -1.12. The fourth-order valence-electron chi connectivity index (χ4n) is 5.37. The summed E-state index contributed by atoms with van der Waals surface area (Å²) in [7, 11) is 1.28. The smallest absolute Gasteiger partial charge is 0.337 e. The third-order valence-electron chi connectivity index (χ3n) is 7.84.